The molecule has 2 nitrogen and oxygen atoms in total. The van der Waals surface area contributed by atoms with Crippen LogP contribution in [0.3, 0.4) is 0 Å². The third kappa shape index (κ3) is 4.29. The second kappa shape index (κ2) is 7.70. The highest BCUT2D eigenvalue weighted by atomic mass is 35.5. The summed E-state index contributed by atoms with van der Waals surface area (Å²) in [5.74, 6) is 1.14. The van der Waals surface area contributed by atoms with Crippen LogP contribution in [0.1, 0.15) is 49.7 Å². The Labute approximate surface area is 144 Å². The molecular formula is C20H27ClO2. The molecule has 0 N–H and O–H groups in total. The van der Waals surface area contributed by atoms with Crippen LogP contribution in [-0.4, -0.2) is 18.5 Å². The topological polar surface area (TPSA) is 26.3 Å². The molecule has 0 unspecified atom stereocenters. The molecule has 2 atom stereocenters. The molecule has 1 fully saturated rings. The molecule has 0 heterocycles. The van der Waals surface area contributed by atoms with Gasteiger partial charge in [0.25, 0.3) is 0 Å². The molecule has 0 spiro atoms. The third-order valence-corrected chi connectivity index (χ3v) is 6.25. The average molecular weight is 335 g/mol. The van der Waals surface area contributed by atoms with Crippen LogP contribution >= 0.6 is 11.6 Å². The number of methoxy groups -OCH3 is 1. The van der Waals surface area contributed by atoms with E-state index in [9.17, 15) is 4.79 Å². The van der Waals surface area contributed by atoms with Crippen molar-refractivity contribution < 1.29 is 9.53 Å². The molecule has 0 aromatic heterocycles. The first-order valence-electron chi connectivity index (χ1n) is 8.95. The number of halogens is 1. The van der Waals surface area contributed by atoms with Crippen molar-refractivity contribution in [1.29, 1.82) is 0 Å². The highest BCUT2D eigenvalue weighted by molar-refractivity contribution is 6.22. The van der Waals surface area contributed by atoms with E-state index in [1.807, 2.05) is 0 Å². The Morgan fingerprint density at radius 3 is 2.26 bits per heavy atom. The van der Waals surface area contributed by atoms with Gasteiger partial charge in [-0.3, -0.25) is 4.79 Å². The van der Waals surface area contributed by atoms with Gasteiger partial charge >= 0.3 is 5.97 Å². The van der Waals surface area contributed by atoms with Gasteiger partial charge in [-0.15, -0.1) is 11.6 Å². The Morgan fingerprint density at radius 1 is 1.00 bits per heavy atom. The molecule has 0 radical (unpaired) electrons. The number of ether oxygens (including phenoxy) is 1. The van der Waals surface area contributed by atoms with Crippen LogP contribution in [0.25, 0.3) is 0 Å². The number of rotatable bonds is 1. The molecule has 0 amide bonds. The van der Waals surface area contributed by atoms with E-state index < -0.39 is 0 Å². The molecule has 23 heavy (non-hydrogen) atoms. The lowest BCUT2D eigenvalue weighted by atomic mass is 9.75. The zero-order valence-electron chi connectivity index (χ0n) is 14.0. The Balaban J connectivity index is 1.83. The van der Waals surface area contributed by atoms with Crippen LogP contribution in [0.2, 0.25) is 0 Å². The quantitative estimate of drug-likeness (QED) is 0.546. The van der Waals surface area contributed by atoms with Crippen molar-refractivity contribution in [2.45, 2.75) is 56.7 Å². The third-order valence-electron chi connectivity index (χ3n) is 5.79. The average Bonchev–Trinajstić information content (AvgIpc) is 2.59. The summed E-state index contributed by atoms with van der Waals surface area (Å²) in [4.78, 5) is 12.2. The minimum absolute atomic E-state index is 0.143. The van der Waals surface area contributed by atoms with Gasteiger partial charge in [0.15, 0.2) is 0 Å². The number of benzene rings is 1. The summed E-state index contributed by atoms with van der Waals surface area (Å²) in [6.45, 7) is 0. The lowest BCUT2D eigenvalue weighted by Gasteiger charge is -2.32. The highest BCUT2D eigenvalue weighted by Gasteiger charge is 2.32. The number of carbonyl (C=O) groups is 1. The predicted molar refractivity (Wildman–Crippen MR) is 93.7 cm³/mol. The first-order chi connectivity index (χ1) is 11.2. The van der Waals surface area contributed by atoms with Crippen LogP contribution < -0.4 is 0 Å². The maximum atomic E-state index is 12.2. The molecule has 1 aromatic carbocycles. The van der Waals surface area contributed by atoms with Gasteiger partial charge in [0.05, 0.1) is 18.4 Å². The van der Waals surface area contributed by atoms with Crippen LogP contribution in [0.5, 0.6) is 0 Å². The lowest BCUT2D eigenvalue weighted by molar-refractivity contribution is -0.146. The summed E-state index contributed by atoms with van der Waals surface area (Å²) in [5.41, 5.74) is 2.63. The van der Waals surface area contributed by atoms with Crippen molar-refractivity contribution >= 4 is 17.6 Å². The second-order valence-electron chi connectivity index (χ2n) is 7.33. The molecule has 5 aliphatic rings. The fourth-order valence-electron chi connectivity index (χ4n) is 4.24. The van der Waals surface area contributed by atoms with E-state index in [-0.39, 0.29) is 17.3 Å². The summed E-state index contributed by atoms with van der Waals surface area (Å²) in [6, 6.07) is 8.79. The maximum Gasteiger partial charge on any atom is 0.310 e. The Bertz CT molecular complexity index is 517. The molecule has 1 aromatic rings. The second-order valence-corrected chi connectivity index (χ2v) is 7.89. The standard InChI is InChI=1S/C20H27ClO2/c1-23-20(22)18-12-16-8-4-14(5-9-16)2-3-15-6-10-17(11-7-15)13-19(18)21/h6-7,10-11,14,16,18-19H,2-5,8-9,12-13H2,1H3/t14?,16?,18-,19+/m1/s1. The normalized spacial score (nSPS) is 31.6. The van der Waals surface area contributed by atoms with E-state index in [0.29, 0.717) is 5.92 Å². The minimum atomic E-state index is -0.189. The van der Waals surface area contributed by atoms with Crippen molar-refractivity contribution in [2.24, 2.45) is 17.8 Å². The van der Waals surface area contributed by atoms with Crippen molar-refractivity contribution in [2.75, 3.05) is 7.11 Å². The van der Waals surface area contributed by atoms with E-state index in [4.69, 9.17) is 16.3 Å². The molecular weight excluding hydrogens is 308 g/mol. The van der Waals surface area contributed by atoms with E-state index >= 15 is 0 Å². The molecule has 1 saturated carbocycles. The highest BCUT2D eigenvalue weighted by Crippen LogP contribution is 2.37. The van der Waals surface area contributed by atoms with Crippen LogP contribution in [0.4, 0.5) is 0 Å². The summed E-state index contributed by atoms with van der Waals surface area (Å²) in [5, 5.41) is -0.186. The lowest BCUT2D eigenvalue weighted by Crippen LogP contribution is -2.31. The predicted octanol–water partition coefficient (Wildman–Crippen LogP) is 4.77. The molecule has 0 saturated heterocycles. The zero-order chi connectivity index (χ0) is 16.2. The van der Waals surface area contributed by atoms with E-state index in [1.165, 1.54) is 56.8 Å². The van der Waals surface area contributed by atoms with Crippen molar-refractivity contribution in [1.82, 2.24) is 0 Å². The smallest absolute Gasteiger partial charge is 0.310 e. The van der Waals surface area contributed by atoms with Gasteiger partial charge in [-0.05, 0) is 48.6 Å². The van der Waals surface area contributed by atoms with E-state index in [2.05, 4.69) is 24.3 Å². The van der Waals surface area contributed by atoms with Gasteiger partial charge in [0.2, 0.25) is 0 Å². The first-order valence-corrected chi connectivity index (χ1v) is 9.39. The molecule has 126 valence electrons. The van der Waals surface area contributed by atoms with E-state index in [1.54, 1.807) is 0 Å². The van der Waals surface area contributed by atoms with Crippen molar-refractivity contribution in [3.63, 3.8) is 0 Å². The van der Waals surface area contributed by atoms with Gasteiger partial charge in [0, 0.05) is 0 Å². The molecule has 3 heteroatoms. The van der Waals surface area contributed by atoms with Crippen molar-refractivity contribution in [3.05, 3.63) is 35.4 Å². The molecule has 6 rings (SSSR count). The number of carbonyl (C=O) groups excluding carboxylic acids is 1. The van der Waals surface area contributed by atoms with Gasteiger partial charge in [-0.2, -0.15) is 0 Å². The Hall–Kier alpha value is -1.02. The fraction of sp³-hybridized carbons (Fsp3) is 0.650. The summed E-state index contributed by atoms with van der Waals surface area (Å²) >= 11 is 6.66. The Kier molecular flexibility index (Phi) is 5.63. The number of aryl methyl sites for hydroxylation is 1. The van der Waals surface area contributed by atoms with Crippen LogP contribution in [0, 0.1) is 17.8 Å². The summed E-state index contributed by atoms with van der Waals surface area (Å²) < 4.78 is 5.04. The van der Waals surface area contributed by atoms with Crippen LogP contribution in [0.15, 0.2) is 24.3 Å². The number of hydrogen-bond donors (Lipinski definition) is 0. The van der Waals surface area contributed by atoms with Gasteiger partial charge in [0.1, 0.15) is 0 Å². The van der Waals surface area contributed by atoms with Gasteiger partial charge in [-0.1, -0.05) is 49.9 Å². The SMILES string of the molecule is COC(=O)[C@@H]1CC2CCC(CCc3ccc(cc3)C[C@@H]1Cl)CC2. The van der Waals surface area contributed by atoms with Crippen molar-refractivity contribution in [3.8, 4) is 0 Å². The number of esters is 1. The first kappa shape index (κ1) is 16.8. The largest absolute Gasteiger partial charge is 0.469 e. The summed E-state index contributed by atoms with van der Waals surface area (Å²) in [7, 11) is 1.48. The Morgan fingerprint density at radius 2 is 1.61 bits per heavy atom. The monoisotopic (exact) mass is 334 g/mol. The zero-order valence-corrected chi connectivity index (χ0v) is 14.7. The molecule has 4 bridgehead atoms. The number of alkyl halides is 1. The van der Waals surface area contributed by atoms with Crippen LogP contribution in [-0.2, 0) is 22.4 Å². The molecule has 0 aliphatic heterocycles. The summed E-state index contributed by atoms with van der Waals surface area (Å²) in [6.07, 6.45) is 9.16. The minimum Gasteiger partial charge on any atom is -0.469 e. The van der Waals surface area contributed by atoms with Gasteiger partial charge in [-0.25, -0.2) is 0 Å². The molecule has 5 aliphatic carbocycles. The fourth-order valence-corrected chi connectivity index (χ4v) is 4.62. The number of hydrogen-bond acceptors (Lipinski definition) is 2. The van der Waals surface area contributed by atoms with Gasteiger partial charge < -0.3 is 4.74 Å². The van der Waals surface area contributed by atoms with E-state index in [0.717, 1.165) is 18.8 Å². The maximum absolute atomic E-state index is 12.2.